The molecule has 0 N–H and O–H groups in total. The molecule has 0 saturated heterocycles. The van der Waals surface area contributed by atoms with Crippen LogP contribution in [0.5, 0.6) is 0 Å². The van der Waals surface area contributed by atoms with Crippen molar-refractivity contribution < 1.29 is 0 Å². The predicted molar refractivity (Wildman–Crippen MR) is 189 cm³/mol. The average Bonchev–Trinajstić information content (AvgIpc) is 3.14. The first-order valence-electron chi connectivity index (χ1n) is 15.4. The zero-order valence-electron chi connectivity index (χ0n) is 24.8. The highest BCUT2D eigenvalue weighted by atomic mass is 14.8. The Bertz CT molecular complexity index is 2560. The SMILES string of the molecule is c1ccc(-c2ccc3ccc4ccc(-c5ccc6nc(-c7ccccn7)c7cccc(-c8ccccc8)c7c6c5)nc4c3n2)cc1. The summed E-state index contributed by atoms with van der Waals surface area (Å²) in [5.41, 5.74) is 10.7. The third kappa shape index (κ3) is 4.39. The van der Waals surface area contributed by atoms with Gasteiger partial charge >= 0.3 is 0 Å². The number of fused-ring (bicyclic) bond motifs is 6. The largest absolute Gasteiger partial charge is 0.255 e. The third-order valence-corrected chi connectivity index (χ3v) is 8.70. The fourth-order valence-corrected chi connectivity index (χ4v) is 6.47. The van der Waals surface area contributed by atoms with Crippen molar-refractivity contribution in [3.8, 4) is 45.0 Å². The molecule has 5 aromatic carbocycles. The molecule has 9 rings (SSSR count). The Balaban J connectivity index is 1.28. The molecule has 0 spiro atoms. The second-order valence-corrected chi connectivity index (χ2v) is 11.5. The van der Waals surface area contributed by atoms with E-state index >= 15 is 0 Å². The lowest BCUT2D eigenvalue weighted by Gasteiger charge is -2.15. The first-order valence-corrected chi connectivity index (χ1v) is 15.4. The Morgan fingerprint density at radius 3 is 1.74 bits per heavy atom. The highest BCUT2D eigenvalue weighted by Crippen LogP contribution is 2.39. The Hall–Kier alpha value is -6.26. The Kier molecular flexibility index (Phi) is 6.10. The van der Waals surface area contributed by atoms with Gasteiger partial charge in [0.05, 0.1) is 39.3 Å². The molecule has 0 aliphatic carbocycles. The van der Waals surface area contributed by atoms with Crippen molar-refractivity contribution in [1.29, 1.82) is 0 Å². The molecule has 0 bridgehead atoms. The van der Waals surface area contributed by atoms with Crippen molar-refractivity contribution in [2.45, 2.75) is 0 Å². The molecule has 46 heavy (non-hydrogen) atoms. The van der Waals surface area contributed by atoms with Crippen molar-refractivity contribution in [3.63, 3.8) is 0 Å². The maximum atomic E-state index is 5.25. The zero-order chi connectivity index (χ0) is 30.5. The van der Waals surface area contributed by atoms with Gasteiger partial charge in [-0.15, -0.1) is 0 Å². The van der Waals surface area contributed by atoms with Crippen LogP contribution in [0.1, 0.15) is 0 Å². The van der Waals surface area contributed by atoms with Crippen LogP contribution in [0.15, 0.2) is 158 Å². The van der Waals surface area contributed by atoms with Gasteiger partial charge in [0, 0.05) is 44.3 Å². The summed E-state index contributed by atoms with van der Waals surface area (Å²) in [4.78, 5) is 20.2. The van der Waals surface area contributed by atoms with Crippen LogP contribution in [0.3, 0.4) is 0 Å². The van der Waals surface area contributed by atoms with Gasteiger partial charge < -0.3 is 0 Å². The second-order valence-electron chi connectivity index (χ2n) is 11.5. The average molecular weight is 587 g/mol. The molecule has 4 heterocycles. The minimum atomic E-state index is 0.856. The van der Waals surface area contributed by atoms with Gasteiger partial charge in [-0.3, -0.25) is 4.98 Å². The lowest BCUT2D eigenvalue weighted by molar-refractivity contribution is 1.29. The van der Waals surface area contributed by atoms with Crippen molar-refractivity contribution in [2.75, 3.05) is 0 Å². The number of rotatable bonds is 4. The summed E-state index contributed by atoms with van der Waals surface area (Å²) in [6, 6.07) is 52.5. The van der Waals surface area contributed by atoms with E-state index in [0.717, 1.165) is 88.5 Å². The predicted octanol–water partition coefficient (Wildman–Crippen LogP) is 10.5. The van der Waals surface area contributed by atoms with E-state index in [-0.39, 0.29) is 0 Å². The summed E-state index contributed by atoms with van der Waals surface area (Å²) < 4.78 is 0. The van der Waals surface area contributed by atoms with Crippen LogP contribution in [0.4, 0.5) is 0 Å². The number of hydrogen-bond donors (Lipinski definition) is 0. The van der Waals surface area contributed by atoms with Crippen molar-refractivity contribution in [2.24, 2.45) is 0 Å². The molecule has 9 aromatic rings. The van der Waals surface area contributed by atoms with Gasteiger partial charge in [0.1, 0.15) is 0 Å². The summed E-state index contributed by atoms with van der Waals surface area (Å²) in [5, 5.41) is 5.44. The molecule has 0 aliphatic rings. The van der Waals surface area contributed by atoms with E-state index in [9.17, 15) is 0 Å². The van der Waals surface area contributed by atoms with Gasteiger partial charge in [-0.1, -0.05) is 115 Å². The lowest BCUT2D eigenvalue weighted by atomic mass is 9.93. The molecule has 0 radical (unpaired) electrons. The first-order chi connectivity index (χ1) is 22.8. The molecule has 0 aliphatic heterocycles. The Morgan fingerprint density at radius 1 is 0.391 bits per heavy atom. The van der Waals surface area contributed by atoms with Gasteiger partial charge in [-0.05, 0) is 47.5 Å². The molecule has 0 fully saturated rings. The number of pyridine rings is 4. The van der Waals surface area contributed by atoms with Crippen LogP contribution in [0.25, 0.3) is 88.5 Å². The van der Waals surface area contributed by atoms with E-state index < -0.39 is 0 Å². The zero-order valence-corrected chi connectivity index (χ0v) is 24.8. The highest BCUT2D eigenvalue weighted by molar-refractivity contribution is 6.17. The fourth-order valence-electron chi connectivity index (χ4n) is 6.47. The maximum absolute atomic E-state index is 5.25. The number of nitrogens with zero attached hydrogens (tertiary/aromatic N) is 4. The van der Waals surface area contributed by atoms with Crippen LogP contribution in [-0.4, -0.2) is 19.9 Å². The van der Waals surface area contributed by atoms with Gasteiger partial charge in [-0.2, -0.15) is 0 Å². The van der Waals surface area contributed by atoms with Crippen LogP contribution in [0, 0.1) is 0 Å². The van der Waals surface area contributed by atoms with Crippen molar-refractivity contribution >= 4 is 43.5 Å². The van der Waals surface area contributed by atoms with Gasteiger partial charge in [-0.25, -0.2) is 15.0 Å². The monoisotopic (exact) mass is 586 g/mol. The molecule has 4 heteroatoms. The second kappa shape index (κ2) is 10.7. The van der Waals surface area contributed by atoms with E-state index in [4.69, 9.17) is 15.0 Å². The van der Waals surface area contributed by atoms with Gasteiger partial charge in [0.25, 0.3) is 0 Å². The summed E-state index contributed by atoms with van der Waals surface area (Å²) in [7, 11) is 0. The summed E-state index contributed by atoms with van der Waals surface area (Å²) >= 11 is 0. The summed E-state index contributed by atoms with van der Waals surface area (Å²) in [6.07, 6.45) is 1.82. The molecular weight excluding hydrogens is 560 g/mol. The van der Waals surface area contributed by atoms with Crippen LogP contribution >= 0.6 is 0 Å². The van der Waals surface area contributed by atoms with E-state index in [1.165, 1.54) is 0 Å². The van der Waals surface area contributed by atoms with Crippen LogP contribution < -0.4 is 0 Å². The summed E-state index contributed by atoms with van der Waals surface area (Å²) in [6.45, 7) is 0. The first kappa shape index (κ1) is 26.2. The quantitative estimate of drug-likeness (QED) is 0.193. The van der Waals surface area contributed by atoms with Crippen LogP contribution in [-0.2, 0) is 0 Å². The lowest BCUT2D eigenvalue weighted by Crippen LogP contribution is -1.94. The van der Waals surface area contributed by atoms with E-state index in [0.29, 0.717) is 0 Å². The molecule has 0 unspecified atom stereocenters. The third-order valence-electron chi connectivity index (χ3n) is 8.70. The maximum Gasteiger partial charge on any atom is 0.0972 e. The normalized spacial score (nSPS) is 11.5. The minimum absolute atomic E-state index is 0.856. The molecule has 0 saturated carbocycles. The molecule has 0 atom stereocenters. The summed E-state index contributed by atoms with van der Waals surface area (Å²) in [5.74, 6) is 0. The van der Waals surface area contributed by atoms with Crippen molar-refractivity contribution in [1.82, 2.24) is 19.9 Å². The highest BCUT2D eigenvalue weighted by Gasteiger charge is 2.16. The standard InChI is InChI=1S/C42H26N4/c1-3-10-27(11-4-1)32-14-9-15-33-39(32)34-26-31(21-24-37(34)46-42(33)38-16-7-8-25-43-38)36-23-20-30-18-17-29-19-22-35(28-12-5-2-6-13-28)44-40(29)41(30)45-36/h1-26H. The Morgan fingerprint density at radius 2 is 1.04 bits per heavy atom. The fraction of sp³-hybridized carbons (Fsp3) is 0. The van der Waals surface area contributed by atoms with Crippen LogP contribution in [0.2, 0.25) is 0 Å². The molecule has 4 aromatic heterocycles. The minimum Gasteiger partial charge on any atom is -0.255 e. The number of aromatic nitrogens is 4. The van der Waals surface area contributed by atoms with Gasteiger partial charge in [0.2, 0.25) is 0 Å². The number of hydrogen-bond acceptors (Lipinski definition) is 4. The molecule has 4 nitrogen and oxygen atoms in total. The smallest absolute Gasteiger partial charge is 0.0972 e. The van der Waals surface area contributed by atoms with E-state index in [1.54, 1.807) is 0 Å². The Labute approximate surface area is 265 Å². The molecule has 0 amide bonds. The van der Waals surface area contributed by atoms with Gasteiger partial charge in [0.15, 0.2) is 0 Å². The molecule has 214 valence electrons. The molecular formula is C42H26N4. The van der Waals surface area contributed by atoms with E-state index in [1.807, 2.05) is 42.6 Å². The van der Waals surface area contributed by atoms with Crippen molar-refractivity contribution in [3.05, 3.63) is 158 Å². The topological polar surface area (TPSA) is 51.6 Å². The van der Waals surface area contributed by atoms with E-state index in [2.05, 4.69) is 120 Å². The number of benzene rings is 5.